The number of imide groups is 1. The third-order valence-corrected chi connectivity index (χ3v) is 4.79. The summed E-state index contributed by atoms with van der Waals surface area (Å²) in [5.41, 5.74) is 0.843. The SMILES string of the molecule is CCOc1ccc(NC(=O)C[C@@H]2C(=O)N(c3ccc(F)cc3)C(=O)N2CC(C)C)cc1. The molecule has 164 valence electrons. The summed E-state index contributed by atoms with van der Waals surface area (Å²) in [5, 5.41) is 2.76. The molecule has 1 aliphatic heterocycles. The average Bonchev–Trinajstić information content (AvgIpc) is 2.94. The fourth-order valence-electron chi connectivity index (χ4n) is 3.45. The van der Waals surface area contributed by atoms with Crippen molar-refractivity contribution in [3.63, 3.8) is 0 Å². The summed E-state index contributed by atoms with van der Waals surface area (Å²) >= 11 is 0. The zero-order valence-electron chi connectivity index (χ0n) is 17.8. The summed E-state index contributed by atoms with van der Waals surface area (Å²) in [7, 11) is 0. The van der Waals surface area contributed by atoms with Crippen molar-refractivity contribution in [2.75, 3.05) is 23.4 Å². The molecule has 2 aromatic rings. The Morgan fingerprint density at radius 3 is 2.32 bits per heavy atom. The van der Waals surface area contributed by atoms with Crippen LogP contribution in [0.5, 0.6) is 5.75 Å². The molecule has 3 rings (SSSR count). The van der Waals surface area contributed by atoms with E-state index < -0.39 is 23.8 Å². The van der Waals surface area contributed by atoms with Crippen molar-refractivity contribution in [1.82, 2.24) is 4.90 Å². The van der Waals surface area contributed by atoms with Crippen molar-refractivity contribution >= 4 is 29.2 Å². The number of anilines is 2. The number of carbonyl (C=O) groups is 3. The second-order valence-electron chi connectivity index (χ2n) is 7.70. The van der Waals surface area contributed by atoms with Crippen LogP contribution in [0.2, 0.25) is 0 Å². The van der Waals surface area contributed by atoms with E-state index in [1.165, 1.54) is 29.2 Å². The van der Waals surface area contributed by atoms with Crippen LogP contribution in [-0.2, 0) is 9.59 Å². The molecule has 8 heteroatoms. The Morgan fingerprint density at radius 2 is 1.74 bits per heavy atom. The predicted octanol–water partition coefficient (Wildman–Crippen LogP) is 4.05. The summed E-state index contributed by atoms with van der Waals surface area (Å²) in [4.78, 5) is 41.1. The number of amides is 4. The normalized spacial score (nSPS) is 16.2. The molecule has 7 nitrogen and oxygen atoms in total. The summed E-state index contributed by atoms with van der Waals surface area (Å²) in [6.07, 6.45) is -0.178. The lowest BCUT2D eigenvalue weighted by atomic mass is 10.1. The van der Waals surface area contributed by atoms with Crippen LogP contribution in [0.15, 0.2) is 48.5 Å². The fraction of sp³-hybridized carbons (Fsp3) is 0.348. The lowest BCUT2D eigenvalue weighted by molar-refractivity contribution is -0.124. The first-order chi connectivity index (χ1) is 14.8. The number of hydrogen-bond acceptors (Lipinski definition) is 4. The highest BCUT2D eigenvalue weighted by atomic mass is 19.1. The van der Waals surface area contributed by atoms with E-state index in [-0.39, 0.29) is 23.9 Å². The molecule has 0 aliphatic carbocycles. The Hall–Kier alpha value is -3.42. The van der Waals surface area contributed by atoms with Crippen LogP contribution >= 0.6 is 0 Å². The minimum Gasteiger partial charge on any atom is -0.494 e. The van der Waals surface area contributed by atoms with Crippen LogP contribution in [0.25, 0.3) is 0 Å². The molecule has 1 N–H and O–H groups in total. The molecule has 0 radical (unpaired) electrons. The molecular formula is C23H26FN3O4. The molecule has 0 saturated carbocycles. The maximum atomic E-state index is 13.3. The van der Waals surface area contributed by atoms with Gasteiger partial charge in [0.25, 0.3) is 5.91 Å². The number of hydrogen-bond donors (Lipinski definition) is 1. The number of urea groups is 1. The van der Waals surface area contributed by atoms with Gasteiger partial charge < -0.3 is 15.0 Å². The third kappa shape index (κ3) is 5.20. The van der Waals surface area contributed by atoms with Gasteiger partial charge in [0, 0.05) is 12.2 Å². The first-order valence-electron chi connectivity index (χ1n) is 10.2. The van der Waals surface area contributed by atoms with Crippen LogP contribution in [0.4, 0.5) is 20.6 Å². The van der Waals surface area contributed by atoms with Gasteiger partial charge in [-0.05, 0) is 61.4 Å². The monoisotopic (exact) mass is 427 g/mol. The van der Waals surface area contributed by atoms with E-state index in [9.17, 15) is 18.8 Å². The molecule has 1 atom stereocenters. The molecule has 0 unspecified atom stereocenters. The highest BCUT2D eigenvalue weighted by Gasteiger charge is 2.46. The minimum absolute atomic E-state index is 0.0987. The fourth-order valence-corrected chi connectivity index (χ4v) is 3.45. The maximum Gasteiger partial charge on any atom is 0.332 e. The first kappa shape index (κ1) is 22.3. The topological polar surface area (TPSA) is 79.0 Å². The molecule has 0 aromatic heterocycles. The Morgan fingerprint density at radius 1 is 1.10 bits per heavy atom. The van der Waals surface area contributed by atoms with E-state index in [4.69, 9.17) is 4.74 Å². The third-order valence-electron chi connectivity index (χ3n) is 4.79. The lowest BCUT2D eigenvalue weighted by Gasteiger charge is -2.23. The smallest absolute Gasteiger partial charge is 0.332 e. The highest BCUT2D eigenvalue weighted by Crippen LogP contribution is 2.28. The van der Waals surface area contributed by atoms with Crippen molar-refractivity contribution in [2.24, 2.45) is 5.92 Å². The van der Waals surface area contributed by atoms with Crippen molar-refractivity contribution in [1.29, 1.82) is 0 Å². The molecule has 0 spiro atoms. The maximum absolute atomic E-state index is 13.3. The number of nitrogens with one attached hydrogen (secondary N) is 1. The second kappa shape index (κ2) is 9.59. The van der Waals surface area contributed by atoms with Crippen LogP contribution in [0.1, 0.15) is 27.2 Å². The number of carbonyl (C=O) groups excluding carboxylic acids is 3. The van der Waals surface area contributed by atoms with Gasteiger partial charge in [-0.25, -0.2) is 14.1 Å². The molecule has 4 amide bonds. The Kier molecular flexibility index (Phi) is 6.89. The van der Waals surface area contributed by atoms with Crippen LogP contribution in [-0.4, -0.2) is 41.9 Å². The molecule has 1 aliphatic rings. The van der Waals surface area contributed by atoms with Gasteiger partial charge in [0.1, 0.15) is 17.6 Å². The van der Waals surface area contributed by atoms with Gasteiger partial charge in [0.15, 0.2) is 0 Å². The largest absolute Gasteiger partial charge is 0.494 e. The summed E-state index contributed by atoms with van der Waals surface area (Å²) in [5.74, 6) is -0.561. The van der Waals surface area contributed by atoms with Gasteiger partial charge in [-0.2, -0.15) is 0 Å². The van der Waals surface area contributed by atoms with E-state index in [0.29, 0.717) is 24.6 Å². The van der Waals surface area contributed by atoms with Crippen molar-refractivity contribution in [2.45, 2.75) is 33.2 Å². The molecule has 1 fully saturated rings. The van der Waals surface area contributed by atoms with Gasteiger partial charge in [0.2, 0.25) is 5.91 Å². The zero-order chi connectivity index (χ0) is 22.5. The number of nitrogens with zero attached hydrogens (tertiary/aromatic N) is 2. The van der Waals surface area contributed by atoms with Gasteiger partial charge in [-0.1, -0.05) is 13.8 Å². The summed E-state index contributed by atoms with van der Waals surface area (Å²) in [6.45, 7) is 6.60. The summed E-state index contributed by atoms with van der Waals surface area (Å²) < 4.78 is 18.7. The number of benzene rings is 2. The molecular weight excluding hydrogens is 401 g/mol. The molecule has 31 heavy (non-hydrogen) atoms. The minimum atomic E-state index is -0.928. The predicted molar refractivity (Wildman–Crippen MR) is 115 cm³/mol. The second-order valence-corrected chi connectivity index (χ2v) is 7.70. The van der Waals surface area contributed by atoms with Gasteiger partial charge in [-0.3, -0.25) is 9.59 Å². The van der Waals surface area contributed by atoms with E-state index in [1.807, 2.05) is 20.8 Å². The number of rotatable bonds is 8. The van der Waals surface area contributed by atoms with Crippen molar-refractivity contribution in [3.05, 3.63) is 54.3 Å². The first-order valence-corrected chi connectivity index (χ1v) is 10.2. The zero-order valence-corrected chi connectivity index (χ0v) is 17.8. The Bertz CT molecular complexity index is 944. The quantitative estimate of drug-likeness (QED) is 0.645. The highest BCUT2D eigenvalue weighted by molar-refractivity contribution is 6.22. The van der Waals surface area contributed by atoms with E-state index in [0.717, 1.165) is 4.90 Å². The number of ether oxygens (including phenoxy) is 1. The van der Waals surface area contributed by atoms with Crippen molar-refractivity contribution < 1.29 is 23.5 Å². The average molecular weight is 427 g/mol. The van der Waals surface area contributed by atoms with Crippen LogP contribution in [0.3, 0.4) is 0 Å². The van der Waals surface area contributed by atoms with Gasteiger partial charge in [-0.15, -0.1) is 0 Å². The Labute approximate surface area is 180 Å². The standard InChI is InChI=1S/C23H26FN3O4/c1-4-31-19-11-7-17(8-12-19)25-21(28)13-20-22(29)27(18-9-5-16(24)6-10-18)23(30)26(20)14-15(2)3/h5-12,15,20H,4,13-14H2,1-3H3,(H,25,28)/t20-/m1/s1. The van der Waals surface area contributed by atoms with Crippen LogP contribution < -0.4 is 15.0 Å². The molecule has 1 heterocycles. The Balaban J connectivity index is 1.76. The molecule has 0 bridgehead atoms. The molecule has 1 saturated heterocycles. The number of halogens is 1. The van der Waals surface area contributed by atoms with E-state index in [2.05, 4.69) is 5.32 Å². The lowest BCUT2D eigenvalue weighted by Crippen LogP contribution is -2.40. The summed E-state index contributed by atoms with van der Waals surface area (Å²) in [6, 6.07) is 10.6. The van der Waals surface area contributed by atoms with Crippen molar-refractivity contribution in [3.8, 4) is 5.75 Å². The molecule has 2 aromatic carbocycles. The van der Waals surface area contributed by atoms with E-state index >= 15 is 0 Å². The van der Waals surface area contributed by atoms with Crippen LogP contribution in [0, 0.1) is 11.7 Å². The van der Waals surface area contributed by atoms with Gasteiger partial charge in [0.05, 0.1) is 18.7 Å². The van der Waals surface area contributed by atoms with Gasteiger partial charge >= 0.3 is 6.03 Å². The van der Waals surface area contributed by atoms with E-state index in [1.54, 1.807) is 24.3 Å².